The summed E-state index contributed by atoms with van der Waals surface area (Å²) in [6.07, 6.45) is 0. The van der Waals surface area contributed by atoms with E-state index in [1.165, 1.54) is 18.3 Å². The molecule has 3 aromatic rings. The molecule has 0 fully saturated rings. The number of thiazole rings is 1. The molecule has 0 radical (unpaired) electrons. The van der Waals surface area contributed by atoms with Crippen LogP contribution in [0.25, 0.3) is 10.6 Å². The second-order valence-electron chi connectivity index (χ2n) is 5.81. The summed E-state index contributed by atoms with van der Waals surface area (Å²) < 4.78 is 5.01. The Balaban J connectivity index is 1.55. The van der Waals surface area contributed by atoms with Gasteiger partial charge in [0.25, 0.3) is 5.91 Å². The summed E-state index contributed by atoms with van der Waals surface area (Å²) in [5, 5.41) is 5.36. The van der Waals surface area contributed by atoms with Crippen molar-refractivity contribution in [3.63, 3.8) is 0 Å². The highest BCUT2D eigenvalue weighted by Gasteiger charge is 2.15. The fourth-order valence-corrected chi connectivity index (χ4v) is 3.29. The maximum Gasteiger partial charge on any atom is 0.358 e. The van der Waals surface area contributed by atoms with Crippen LogP contribution in [0, 0.1) is 0 Å². The molecule has 0 spiro atoms. The average molecular weight is 415 g/mol. The molecule has 1 heterocycles. The molecular formula is C20H15ClN2O4S. The Labute approximate surface area is 170 Å². The topological polar surface area (TPSA) is 85.4 Å². The molecule has 1 amide bonds. The van der Waals surface area contributed by atoms with Crippen LogP contribution in [0.3, 0.4) is 0 Å². The van der Waals surface area contributed by atoms with Crippen LogP contribution in [0.5, 0.6) is 0 Å². The van der Waals surface area contributed by atoms with Crippen molar-refractivity contribution in [2.45, 2.75) is 6.92 Å². The van der Waals surface area contributed by atoms with Crippen LogP contribution in [0.2, 0.25) is 5.02 Å². The number of benzene rings is 2. The number of esters is 1. The largest absolute Gasteiger partial charge is 0.451 e. The van der Waals surface area contributed by atoms with Crippen molar-refractivity contribution < 1.29 is 19.1 Å². The SMILES string of the molecule is CC(=O)c1ccc(NC(=O)COC(=O)c2csc(-c3cccc(Cl)c3)n2)cc1. The molecule has 3 rings (SSSR count). The first-order valence-corrected chi connectivity index (χ1v) is 9.47. The number of hydrogen-bond acceptors (Lipinski definition) is 6. The summed E-state index contributed by atoms with van der Waals surface area (Å²) >= 11 is 7.24. The number of carbonyl (C=O) groups is 3. The van der Waals surface area contributed by atoms with E-state index in [-0.39, 0.29) is 11.5 Å². The second-order valence-corrected chi connectivity index (χ2v) is 7.10. The molecule has 0 unspecified atom stereocenters. The zero-order valence-electron chi connectivity index (χ0n) is 14.8. The van der Waals surface area contributed by atoms with E-state index in [0.717, 1.165) is 5.56 Å². The van der Waals surface area contributed by atoms with Crippen LogP contribution in [-0.2, 0) is 9.53 Å². The Bertz CT molecular complexity index is 1030. The molecule has 0 aliphatic rings. The summed E-state index contributed by atoms with van der Waals surface area (Å²) in [5.74, 6) is -1.24. The highest BCUT2D eigenvalue weighted by molar-refractivity contribution is 7.13. The predicted octanol–water partition coefficient (Wildman–Crippen LogP) is 4.46. The number of hydrogen-bond donors (Lipinski definition) is 1. The minimum atomic E-state index is -0.688. The van der Waals surface area contributed by atoms with E-state index < -0.39 is 18.5 Å². The van der Waals surface area contributed by atoms with Crippen molar-refractivity contribution in [1.29, 1.82) is 0 Å². The van der Waals surface area contributed by atoms with Gasteiger partial charge in [0.2, 0.25) is 0 Å². The number of carbonyl (C=O) groups excluding carboxylic acids is 3. The van der Waals surface area contributed by atoms with E-state index in [2.05, 4.69) is 10.3 Å². The van der Waals surface area contributed by atoms with Crippen LogP contribution >= 0.6 is 22.9 Å². The summed E-state index contributed by atoms with van der Waals surface area (Å²) in [6, 6.07) is 13.6. The van der Waals surface area contributed by atoms with E-state index in [1.54, 1.807) is 47.8 Å². The number of halogens is 1. The van der Waals surface area contributed by atoms with Gasteiger partial charge in [-0.1, -0.05) is 23.7 Å². The van der Waals surface area contributed by atoms with Gasteiger partial charge >= 0.3 is 5.97 Å². The van der Waals surface area contributed by atoms with Crippen LogP contribution in [0.15, 0.2) is 53.9 Å². The van der Waals surface area contributed by atoms with Gasteiger partial charge in [0.1, 0.15) is 5.01 Å². The lowest BCUT2D eigenvalue weighted by Gasteiger charge is -2.06. The number of anilines is 1. The summed E-state index contributed by atoms with van der Waals surface area (Å²) in [4.78, 5) is 39.5. The van der Waals surface area contributed by atoms with Gasteiger partial charge < -0.3 is 10.1 Å². The third-order valence-electron chi connectivity index (χ3n) is 3.69. The fourth-order valence-electron chi connectivity index (χ4n) is 2.31. The Morgan fingerprint density at radius 2 is 1.89 bits per heavy atom. The normalized spacial score (nSPS) is 10.4. The van der Waals surface area contributed by atoms with E-state index in [9.17, 15) is 14.4 Å². The number of ether oxygens (including phenoxy) is 1. The van der Waals surface area contributed by atoms with Crippen LogP contribution in [0.4, 0.5) is 5.69 Å². The average Bonchev–Trinajstić information content (AvgIpc) is 3.17. The van der Waals surface area contributed by atoms with Gasteiger partial charge in [0, 0.05) is 27.2 Å². The lowest BCUT2D eigenvalue weighted by atomic mass is 10.1. The molecule has 1 N–H and O–H groups in total. The van der Waals surface area contributed by atoms with Gasteiger partial charge in [-0.15, -0.1) is 11.3 Å². The molecule has 8 heteroatoms. The lowest BCUT2D eigenvalue weighted by Crippen LogP contribution is -2.21. The maximum atomic E-state index is 12.1. The van der Waals surface area contributed by atoms with Gasteiger partial charge in [-0.25, -0.2) is 9.78 Å². The number of amides is 1. The molecule has 1 aromatic heterocycles. The van der Waals surface area contributed by atoms with Crippen molar-refractivity contribution in [3.05, 3.63) is 70.2 Å². The molecule has 0 aliphatic carbocycles. The standard InChI is InChI=1S/C20H15ClN2O4S/c1-12(24)13-5-7-16(8-6-13)22-18(25)10-27-20(26)17-11-28-19(23-17)14-3-2-4-15(21)9-14/h2-9,11H,10H2,1H3,(H,22,25). The molecular weight excluding hydrogens is 400 g/mol. The second kappa shape index (κ2) is 8.77. The minimum Gasteiger partial charge on any atom is -0.451 e. The first-order chi connectivity index (χ1) is 13.4. The molecule has 0 saturated carbocycles. The molecule has 0 aliphatic heterocycles. The van der Waals surface area contributed by atoms with Gasteiger partial charge in [-0.05, 0) is 43.3 Å². The zero-order chi connectivity index (χ0) is 20.1. The van der Waals surface area contributed by atoms with Gasteiger partial charge in [-0.2, -0.15) is 0 Å². The summed E-state index contributed by atoms with van der Waals surface area (Å²) in [7, 11) is 0. The molecule has 6 nitrogen and oxygen atoms in total. The Morgan fingerprint density at radius 1 is 1.14 bits per heavy atom. The monoisotopic (exact) mass is 414 g/mol. The van der Waals surface area contributed by atoms with Crippen LogP contribution in [-0.4, -0.2) is 29.3 Å². The van der Waals surface area contributed by atoms with Gasteiger partial charge in [0.05, 0.1) is 0 Å². The Kier molecular flexibility index (Phi) is 6.18. The number of nitrogens with one attached hydrogen (secondary N) is 1. The van der Waals surface area contributed by atoms with Crippen molar-refractivity contribution in [3.8, 4) is 10.6 Å². The van der Waals surface area contributed by atoms with Crippen LogP contribution in [0.1, 0.15) is 27.8 Å². The first kappa shape index (κ1) is 19.7. The molecule has 2 aromatic carbocycles. The van der Waals surface area contributed by atoms with E-state index in [1.807, 2.05) is 6.07 Å². The third kappa shape index (κ3) is 5.03. The van der Waals surface area contributed by atoms with E-state index >= 15 is 0 Å². The van der Waals surface area contributed by atoms with Crippen molar-refractivity contribution in [1.82, 2.24) is 4.98 Å². The molecule has 28 heavy (non-hydrogen) atoms. The fraction of sp³-hybridized carbons (Fsp3) is 0.100. The molecule has 0 saturated heterocycles. The third-order valence-corrected chi connectivity index (χ3v) is 4.82. The minimum absolute atomic E-state index is 0.0628. The number of nitrogens with zero attached hydrogens (tertiary/aromatic N) is 1. The van der Waals surface area contributed by atoms with Gasteiger partial charge in [0.15, 0.2) is 18.1 Å². The lowest BCUT2D eigenvalue weighted by molar-refractivity contribution is -0.119. The molecule has 142 valence electrons. The van der Waals surface area contributed by atoms with Crippen LogP contribution < -0.4 is 5.32 Å². The van der Waals surface area contributed by atoms with Gasteiger partial charge in [-0.3, -0.25) is 9.59 Å². The van der Waals surface area contributed by atoms with E-state index in [4.69, 9.17) is 16.3 Å². The summed E-state index contributed by atoms with van der Waals surface area (Å²) in [5.41, 5.74) is 1.97. The zero-order valence-corrected chi connectivity index (χ0v) is 16.3. The van der Waals surface area contributed by atoms with Crippen molar-refractivity contribution in [2.24, 2.45) is 0 Å². The Morgan fingerprint density at radius 3 is 2.57 bits per heavy atom. The predicted molar refractivity (Wildman–Crippen MR) is 108 cm³/mol. The molecule has 0 bridgehead atoms. The molecule has 0 atom stereocenters. The maximum absolute atomic E-state index is 12.1. The quantitative estimate of drug-likeness (QED) is 0.475. The highest BCUT2D eigenvalue weighted by Crippen LogP contribution is 2.26. The number of Topliss-reactive ketones (excluding diaryl/α,β-unsaturated/α-hetero) is 1. The highest BCUT2D eigenvalue weighted by atomic mass is 35.5. The number of rotatable bonds is 6. The van der Waals surface area contributed by atoms with Crippen molar-refractivity contribution >= 4 is 46.3 Å². The number of aromatic nitrogens is 1. The first-order valence-electron chi connectivity index (χ1n) is 8.22. The van der Waals surface area contributed by atoms with Crippen molar-refractivity contribution in [2.75, 3.05) is 11.9 Å². The summed E-state index contributed by atoms with van der Waals surface area (Å²) in [6.45, 7) is 1.01. The number of ketones is 1. The Hall–Kier alpha value is -3.03. The van der Waals surface area contributed by atoms with E-state index in [0.29, 0.717) is 21.3 Å². The smallest absolute Gasteiger partial charge is 0.358 e.